The summed E-state index contributed by atoms with van der Waals surface area (Å²) < 4.78 is 66.3. The molecule has 6 aromatic rings. The number of benzene rings is 3. The summed E-state index contributed by atoms with van der Waals surface area (Å²) in [6, 6.07) is 13.8. The van der Waals surface area contributed by atoms with Gasteiger partial charge in [0.1, 0.15) is 23.5 Å². The van der Waals surface area contributed by atoms with Crippen molar-refractivity contribution in [3.8, 4) is 16.8 Å². The Kier molecular flexibility index (Phi) is 11.3. The normalized spacial score (nSPS) is 14.1. The number of carboxylic acids is 1. The number of carboxylic acid groups (broad SMARTS) is 1. The molecule has 0 bridgehead atoms. The number of aromatic nitrogens is 5. The number of rotatable bonds is 13. The molecule has 0 radical (unpaired) electrons. The Morgan fingerprint density at radius 3 is 2.33 bits per heavy atom. The Morgan fingerprint density at radius 2 is 1.65 bits per heavy atom. The van der Waals surface area contributed by atoms with Gasteiger partial charge in [0.15, 0.2) is 0 Å². The molecule has 15 nitrogen and oxygen atoms in total. The van der Waals surface area contributed by atoms with Gasteiger partial charge < -0.3 is 9.84 Å². The highest BCUT2D eigenvalue weighted by Crippen LogP contribution is 2.27. The fraction of sp³-hybridized carbons (Fsp3) is 0.231. The van der Waals surface area contributed by atoms with Crippen LogP contribution in [0, 0.1) is 11.6 Å². The molecule has 1 aliphatic rings. The van der Waals surface area contributed by atoms with Gasteiger partial charge in [0.25, 0.3) is 15.6 Å². The molecule has 3 aromatic heterocycles. The number of hydrogen-bond donors (Lipinski definition) is 4. The number of ether oxygens (including phenoxy) is 1. The molecule has 4 heterocycles. The zero-order valence-corrected chi connectivity index (χ0v) is 31.2. The summed E-state index contributed by atoms with van der Waals surface area (Å²) >= 11 is 0. The molecule has 18 heteroatoms. The van der Waals surface area contributed by atoms with Gasteiger partial charge in [0.05, 0.1) is 33.4 Å². The first-order valence-corrected chi connectivity index (χ1v) is 19.2. The first kappa shape index (κ1) is 39.0. The van der Waals surface area contributed by atoms with Crippen molar-refractivity contribution < 1.29 is 31.8 Å². The van der Waals surface area contributed by atoms with Crippen LogP contribution in [0.2, 0.25) is 0 Å². The SMILES string of the molecule is Cn1c(=O)n(-c2ccc(C[C@H](NNCc3cc(F)c(NS(=O)(=O)c4ccc(-c5cnc(C6CCOCC6)nc5)cc4)cc3F)C(=O)O)cc2)c(=O)c2ccncc21. The third-order valence-electron chi connectivity index (χ3n) is 9.70. The molecule has 1 fully saturated rings. The molecule has 0 amide bonds. The fourth-order valence-corrected chi connectivity index (χ4v) is 7.55. The lowest BCUT2D eigenvalue weighted by Crippen LogP contribution is -2.46. The van der Waals surface area contributed by atoms with E-state index in [1.165, 1.54) is 54.3 Å². The third-order valence-corrected chi connectivity index (χ3v) is 11.1. The van der Waals surface area contributed by atoms with E-state index in [0.29, 0.717) is 46.9 Å². The van der Waals surface area contributed by atoms with Crippen LogP contribution in [0.4, 0.5) is 14.5 Å². The molecule has 1 atom stereocenters. The molecule has 3 aromatic carbocycles. The van der Waals surface area contributed by atoms with Gasteiger partial charge in [-0.15, -0.1) is 0 Å². The van der Waals surface area contributed by atoms with Gasteiger partial charge in [-0.3, -0.25) is 29.3 Å². The molecule has 1 saturated heterocycles. The summed E-state index contributed by atoms with van der Waals surface area (Å²) in [6.45, 7) is 0.966. The Morgan fingerprint density at radius 1 is 0.947 bits per heavy atom. The van der Waals surface area contributed by atoms with Gasteiger partial charge in [-0.05, 0) is 66.8 Å². The van der Waals surface area contributed by atoms with Gasteiger partial charge >= 0.3 is 11.7 Å². The van der Waals surface area contributed by atoms with Gasteiger partial charge in [-0.1, -0.05) is 24.3 Å². The number of hydrazine groups is 1. The van der Waals surface area contributed by atoms with E-state index in [1.807, 2.05) is 0 Å². The Hall–Kier alpha value is -6.21. The molecule has 4 N–H and O–H groups in total. The summed E-state index contributed by atoms with van der Waals surface area (Å²) in [7, 11) is -2.79. The van der Waals surface area contributed by atoms with Gasteiger partial charge in [0, 0.05) is 68.5 Å². The Labute approximate surface area is 324 Å². The number of carbonyl (C=O) groups is 1. The van der Waals surface area contributed by atoms with Crippen LogP contribution in [0.3, 0.4) is 0 Å². The summed E-state index contributed by atoms with van der Waals surface area (Å²) in [5, 5.41) is 10.1. The van der Waals surface area contributed by atoms with Crippen molar-refractivity contribution in [2.45, 2.75) is 42.7 Å². The zero-order valence-electron chi connectivity index (χ0n) is 30.4. The van der Waals surface area contributed by atoms with Gasteiger partial charge in [-0.25, -0.2) is 42.0 Å². The minimum atomic E-state index is -4.32. The number of sulfonamides is 1. The van der Waals surface area contributed by atoms with Gasteiger partial charge in [-0.2, -0.15) is 0 Å². The molecule has 57 heavy (non-hydrogen) atoms. The van der Waals surface area contributed by atoms with Crippen LogP contribution in [0.5, 0.6) is 0 Å². The predicted molar refractivity (Wildman–Crippen MR) is 205 cm³/mol. The molecule has 0 saturated carbocycles. The molecule has 294 valence electrons. The number of nitrogens with one attached hydrogen (secondary N) is 3. The van der Waals surface area contributed by atoms with Crippen LogP contribution < -0.4 is 26.8 Å². The minimum absolute atomic E-state index is 0.0614. The molecule has 7 rings (SSSR count). The largest absolute Gasteiger partial charge is 0.480 e. The van der Waals surface area contributed by atoms with Crippen LogP contribution in [-0.2, 0) is 39.6 Å². The number of aryl methyl sites for hydroxylation is 1. The summed E-state index contributed by atoms with van der Waals surface area (Å²) in [6.07, 6.45) is 7.85. The average molecular weight is 799 g/mol. The monoisotopic (exact) mass is 798 g/mol. The van der Waals surface area contributed by atoms with Crippen LogP contribution in [0.1, 0.15) is 35.7 Å². The van der Waals surface area contributed by atoms with Crippen molar-refractivity contribution >= 4 is 32.6 Å². The summed E-state index contributed by atoms with van der Waals surface area (Å²) in [4.78, 5) is 50.9. The minimum Gasteiger partial charge on any atom is -0.480 e. The molecule has 0 aliphatic carbocycles. The van der Waals surface area contributed by atoms with Crippen molar-refractivity contribution in [3.05, 3.63) is 141 Å². The first-order chi connectivity index (χ1) is 27.4. The van der Waals surface area contributed by atoms with E-state index in [-0.39, 0.29) is 35.0 Å². The lowest BCUT2D eigenvalue weighted by Gasteiger charge is -2.20. The highest BCUT2D eigenvalue weighted by atomic mass is 32.2. The number of aliphatic carboxylic acids is 1. The summed E-state index contributed by atoms with van der Waals surface area (Å²) in [5.74, 6) is -2.30. The number of anilines is 1. The molecular formula is C39H36F2N8O7S. The van der Waals surface area contributed by atoms with Crippen molar-refractivity contribution in [1.29, 1.82) is 0 Å². The van der Waals surface area contributed by atoms with Crippen LogP contribution in [0.25, 0.3) is 27.7 Å². The average Bonchev–Trinajstić information content (AvgIpc) is 3.22. The van der Waals surface area contributed by atoms with Crippen LogP contribution in [-0.4, -0.2) is 62.8 Å². The fourth-order valence-electron chi connectivity index (χ4n) is 6.49. The predicted octanol–water partition coefficient (Wildman–Crippen LogP) is 3.80. The topological polar surface area (TPSA) is 199 Å². The van der Waals surface area contributed by atoms with E-state index >= 15 is 8.78 Å². The van der Waals surface area contributed by atoms with E-state index < -0.39 is 50.6 Å². The zero-order chi connectivity index (χ0) is 40.3. The Balaban J connectivity index is 0.962. The van der Waals surface area contributed by atoms with Crippen LogP contribution >= 0.6 is 0 Å². The molecule has 1 aliphatic heterocycles. The van der Waals surface area contributed by atoms with Crippen molar-refractivity contribution in [3.63, 3.8) is 0 Å². The quantitative estimate of drug-likeness (QED) is 0.124. The third kappa shape index (κ3) is 8.48. The van der Waals surface area contributed by atoms with E-state index in [2.05, 4.69) is 30.5 Å². The Bertz CT molecular complexity index is 2670. The first-order valence-electron chi connectivity index (χ1n) is 17.8. The van der Waals surface area contributed by atoms with E-state index in [9.17, 15) is 27.9 Å². The van der Waals surface area contributed by atoms with Gasteiger partial charge in [0.2, 0.25) is 0 Å². The standard InChI is InChI=1S/C39H36F2N8O7S/c1-48-35-22-42-13-10-30(35)37(50)49(39(48)53)28-6-2-23(3-7-28)16-34(38(51)52)46-45-21-26-17-32(41)33(18-31(26)40)47-57(54,55)29-8-4-24(5-9-29)27-19-43-36(44-20-27)25-11-14-56-15-12-25/h2-10,13,17-20,22,25,34,45-47H,11-12,14-16,21H2,1H3,(H,51,52)/t34-/m0/s1. The maximum atomic E-state index is 15.1. The van der Waals surface area contributed by atoms with E-state index in [1.54, 1.807) is 36.7 Å². The van der Waals surface area contributed by atoms with E-state index in [0.717, 1.165) is 29.3 Å². The van der Waals surface area contributed by atoms with Crippen molar-refractivity contribution in [2.24, 2.45) is 7.05 Å². The highest BCUT2D eigenvalue weighted by molar-refractivity contribution is 7.92. The maximum absolute atomic E-state index is 15.1. The maximum Gasteiger partial charge on any atom is 0.335 e. The molecular weight excluding hydrogens is 763 g/mol. The smallest absolute Gasteiger partial charge is 0.335 e. The second kappa shape index (κ2) is 16.5. The second-order valence-electron chi connectivity index (χ2n) is 13.4. The summed E-state index contributed by atoms with van der Waals surface area (Å²) in [5.41, 5.74) is 5.79. The van der Waals surface area contributed by atoms with Crippen LogP contribution in [0.15, 0.2) is 106 Å². The number of pyridine rings is 1. The lowest BCUT2D eigenvalue weighted by atomic mass is 9.99. The lowest BCUT2D eigenvalue weighted by molar-refractivity contribution is -0.139. The van der Waals surface area contributed by atoms with Crippen molar-refractivity contribution in [2.75, 3.05) is 17.9 Å². The number of halogens is 2. The highest BCUT2D eigenvalue weighted by Gasteiger charge is 2.22. The van der Waals surface area contributed by atoms with Crippen molar-refractivity contribution in [1.82, 2.24) is 34.9 Å². The molecule has 0 unspecified atom stereocenters. The van der Waals surface area contributed by atoms with E-state index in [4.69, 9.17) is 4.74 Å². The number of hydrogen-bond acceptors (Lipinski definition) is 11. The number of nitrogens with zero attached hydrogens (tertiary/aromatic N) is 5. The molecule has 0 spiro atoms. The number of fused-ring (bicyclic) bond motifs is 1. The second-order valence-corrected chi connectivity index (χ2v) is 15.1.